The van der Waals surface area contributed by atoms with Gasteiger partial charge in [-0.25, -0.2) is 4.39 Å². The molecule has 0 unspecified atom stereocenters. The van der Waals surface area contributed by atoms with Crippen molar-refractivity contribution in [2.75, 3.05) is 0 Å². The summed E-state index contributed by atoms with van der Waals surface area (Å²) in [5.74, 6) is -0.128. The van der Waals surface area contributed by atoms with Crippen LogP contribution >= 0.6 is 11.3 Å². The van der Waals surface area contributed by atoms with E-state index < -0.39 is 0 Å². The predicted octanol–water partition coefficient (Wildman–Crippen LogP) is 4.10. The lowest BCUT2D eigenvalue weighted by Crippen LogP contribution is -2.11. The fraction of sp³-hybridized carbons (Fsp3) is 0.333. The number of hydrogen-bond donors (Lipinski definition) is 1. The first-order chi connectivity index (χ1) is 8.56. The molecule has 2 aromatic rings. The molecule has 1 aromatic carbocycles. The van der Waals surface area contributed by atoms with Crippen LogP contribution in [-0.2, 0) is 13.1 Å². The topological polar surface area (TPSA) is 12.0 Å². The molecule has 0 saturated carbocycles. The van der Waals surface area contributed by atoms with E-state index in [9.17, 15) is 4.39 Å². The fourth-order valence-electron chi connectivity index (χ4n) is 1.81. The summed E-state index contributed by atoms with van der Waals surface area (Å²) in [4.78, 5) is 2.70. The van der Waals surface area contributed by atoms with Gasteiger partial charge >= 0.3 is 0 Å². The van der Waals surface area contributed by atoms with Crippen molar-refractivity contribution >= 4 is 11.3 Å². The van der Waals surface area contributed by atoms with Crippen molar-refractivity contribution in [3.63, 3.8) is 0 Å². The molecule has 0 amide bonds. The quantitative estimate of drug-likeness (QED) is 0.875. The van der Waals surface area contributed by atoms with Crippen LogP contribution in [0, 0.1) is 26.6 Å². The minimum absolute atomic E-state index is 0.128. The van der Waals surface area contributed by atoms with Crippen LogP contribution in [0.5, 0.6) is 0 Å². The summed E-state index contributed by atoms with van der Waals surface area (Å²) in [5, 5.41) is 3.35. The van der Waals surface area contributed by atoms with E-state index in [0.29, 0.717) is 12.1 Å². The van der Waals surface area contributed by atoms with Crippen LogP contribution in [-0.4, -0.2) is 0 Å². The fourth-order valence-corrected chi connectivity index (χ4v) is 2.84. The lowest BCUT2D eigenvalue weighted by molar-refractivity contribution is 0.612. The summed E-state index contributed by atoms with van der Waals surface area (Å²) in [7, 11) is 0. The maximum Gasteiger partial charge on any atom is 0.126 e. The lowest BCUT2D eigenvalue weighted by atomic mass is 10.1. The summed E-state index contributed by atoms with van der Waals surface area (Å²) in [6.07, 6.45) is 0. The number of aryl methyl sites for hydroxylation is 3. The molecule has 0 fully saturated rings. The van der Waals surface area contributed by atoms with Gasteiger partial charge in [0.25, 0.3) is 0 Å². The maximum absolute atomic E-state index is 13.4. The van der Waals surface area contributed by atoms with E-state index in [1.54, 1.807) is 13.0 Å². The first kappa shape index (κ1) is 13.2. The Morgan fingerprint density at radius 1 is 1.06 bits per heavy atom. The van der Waals surface area contributed by atoms with Gasteiger partial charge in [-0.2, -0.15) is 0 Å². The Morgan fingerprint density at radius 3 is 2.44 bits per heavy atom. The van der Waals surface area contributed by atoms with Crippen LogP contribution in [0.1, 0.15) is 26.4 Å². The van der Waals surface area contributed by atoms with Gasteiger partial charge in [-0.05, 0) is 49.6 Å². The van der Waals surface area contributed by atoms with Crippen molar-refractivity contribution in [1.82, 2.24) is 5.32 Å². The van der Waals surface area contributed by atoms with Gasteiger partial charge in [0.15, 0.2) is 0 Å². The molecule has 0 aliphatic rings. The second-order valence-electron chi connectivity index (χ2n) is 4.64. The van der Waals surface area contributed by atoms with E-state index in [4.69, 9.17) is 0 Å². The van der Waals surface area contributed by atoms with Crippen LogP contribution in [0.25, 0.3) is 0 Å². The Balaban J connectivity index is 1.90. The normalized spacial score (nSPS) is 10.9. The zero-order chi connectivity index (χ0) is 13.1. The van der Waals surface area contributed by atoms with E-state index in [0.717, 1.165) is 12.1 Å². The highest BCUT2D eigenvalue weighted by Crippen LogP contribution is 2.20. The molecule has 0 aliphatic carbocycles. The first-order valence-electron chi connectivity index (χ1n) is 6.08. The molecular formula is C15H18FNS. The largest absolute Gasteiger partial charge is 0.308 e. The SMILES string of the molecule is Cc1ccc(CNCc2cc(C)c(C)s2)cc1F. The minimum Gasteiger partial charge on any atom is -0.308 e. The first-order valence-corrected chi connectivity index (χ1v) is 6.89. The Labute approximate surface area is 112 Å². The molecule has 0 aliphatic heterocycles. The lowest BCUT2D eigenvalue weighted by Gasteiger charge is -2.04. The van der Waals surface area contributed by atoms with E-state index in [1.807, 2.05) is 23.5 Å². The Hall–Kier alpha value is -1.19. The molecule has 2 rings (SSSR count). The summed E-state index contributed by atoms with van der Waals surface area (Å²) >= 11 is 1.82. The van der Waals surface area contributed by atoms with Gasteiger partial charge in [0, 0.05) is 22.8 Å². The monoisotopic (exact) mass is 263 g/mol. The second-order valence-corrected chi connectivity index (χ2v) is 5.98. The molecule has 1 N–H and O–H groups in total. The summed E-state index contributed by atoms with van der Waals surface area (Å²) < 4.78 is 13.4. The highest BCUT2D eigenvalue weighted by molar-refractivity contribution is 7.12. The Bertz CT molecular complexity index is 526. The van der Waals surface area contributed by atoms with Gasteiger partial charge in [0.05, 0.1) is 0 Å². The molecule has 3 heteroatoms. The van der Waals surface area contributed by atoms with E-state index in [1.165, 1.54) is 15.3 Å². The van der Waals surface area contributed by atoms with E-state index in [2.05, 4.69) is 25.2 Å². The molecular weight excluding hydrogens is 245 g/mol. The molecule has 0 radical (unpaired) electrons. The van der Waals surface area contributed by atoms with Gasteiger partial charge in [0.1, 0.15) is 5.82 Å². The molecule has 0 bridgehead atoms. The van der Waals surface area contributed by atoms with Crippen LogP contribution in [0.4, 0.5) is 4.39 Å². The van der Waals surface area contributed by atoms with Crippen LogP contribution in [0.3, 0.4) is 0 Å². The molecule has 1 aromatic heterocycles. The number of halogens is 1. The minimum atomic E-state index is -0.128. The molecule has 96 valence electrons. The molecule has 1 nitrogen and oxygen atoms in total. The third-order valence-corrected chi connectivity index (χ3v) is 4.23. The standard InChI is InChI=1S/C15H18FNS/c1-10-4-5-13(7-15(10)16)8-17-9-14-6-11(2)12(3)18-14/h4-7,17H,8-9H2,1-3H3. The number of nitrogens with one attached hydrogen (secondary N) is 1. The highest BCUT2D eigenvalue weighted by Gasteiger charge is 2.02. The van der Waals surface area contributed by atoms with Crippen molar-refractivity contribution in [2.45, 2.75) is 33.9 Å². The van der Waals surface area contributed by atoms with Crippen LogP contribution in [0.2, 0.25) is 0 Å². The molecule has 0 saturated heterocycles. The smallest absolute Gasteiger partial charge is 0.126 e. The average molecular weight is 263 g/mol. The zero-order valence-corrected chi connectivity index (χ0v) is 11.8. The van der Waals surface area contributed by atoms with Crippen LogP contribution < -0.4 is 5.32 Å². The van der Waals surface area contributed by atoms with Gasteiger partial charge in [-0.3, -0.25) is 0 Å². The number of benzene rings is 1. The van der Waals surface area contributed by atoms with Crippen molar-refractivity contribution in [3.8, 4) is 0 Å². The number of hydrogen-bond acceptors (Lipinski definition) is 2. The second kappa shape index (κ2) is 5.63. The predicted molar refractivity (Wildman–Crippen MR) is 75.5 cm³/mol. The molecule has 18 heavy (non-hydrogen) atoms. The summed E-state index contributed by atoms with van der Waals surface area (Å²) in [6, 6.07) is 7.61. The van der Waals surface area contributed by atoms with Crippen molar-refractivity contribution in [3.05, 3.63) is 56.5 Å². The maximum atomic E-state index is 13.4. The average Bonchev–Trinajstić information content (AvgIpc) is 2.63. The van der Waals surface area contributed by atoms with Gasteiger partial charge in [0.2, 0.25) is 0 Å². The van der Waals surface area contributed by atoms with E-state index in [-0.39, 0.29) is 5.82 Å². The van der Waals surface area contributed by atoms with Gasteiger partial charge in [-0.1, -0.05) is 12.1 Å². The Kier molecular flexibility index (Phi) is 4.15. The van der Waals surface area contributed by atoms with E-state index >= 15 is 0 Å². The summed E-state index contributed by atoms with van der Waals surface area (Å²) in [5.41, 5.74) is 3.03. The summed E-state index contributed by atoms with van der Waals surface area (Å²) in [6.45, 7) is 7.59. The van der Waals surface area contributed by atoms with Crippen molar-refractivity contribution in [1.29, 1.82) is 0 Å². The Morgan fingerprint density at radius 2 is 1.83 bits per heavy atom. The van der Waals surface area contributed by atoms with Crippen molar-refractivity contribution in [2.24, 2.45) is 0 Å². The van der Waals surface area contributed by atoms with Crippen LogP contribution in [0.15, 0.2) is 24.3 Å². The van der Waals surface area contributed by atoms with Crippen molar-refractivity contribution < 1.29 is 4.39 Å². The molecule has 0 atom stereocenters. The molecule has 1 heterocycles. The van der Waals surface area contributed by atoms with Gasteiger partial charge < -0.3 is 5.32 Å². The third kappa shape index (κ3) is 3.18. The van der Waals surface area contributed by atoms with Gasteiger partial charge in [-0.15, -0.1) is 11.3 Å². The highest BCUT2D eigenvalue weighted by atomic mass is 32.1. The zero-order valence-electron chi connectivity index (χ0n) is 11.0. The number of rotatable bonds is 4. The third-order valence-electron chi connectivity index (χ3n) is 3.08. The number of thiophene rings is 1. The molecule has 0 spiro atoms.